The van der Waals surface area contributed by atoms with Gasteiger partial charge in [-0.2, -0.15) is 5.10 Å². The van der Waals surface area contributed by atoms with Gasteiger partial charge < -0.3 is 5.11 Å². The lowest BCUT2D eigenvalue weighted by Crippen LogP contribution is -2.03. The van der Waals surface area contributed by atoms with Gasteiger partial charge >= 0.3 is 5.97 Å². The summed E-state index contributed by atoms with van der Waals surface area (Å²) in [5.74, 6) is -0.881. The number of rotatable bonds is 3. The lowest BCUT2D eigenvalue weighted by atomic mass is 10.2. The van der Waals surface area contributed by atoms with Crippen molar-refractivity contribution in [3.05, 3.63) is 28.6 Å². The van der Waals surface area contributed by atoms with Gasteiger partial charge in [-0.3, -0.25) is 4.68 Å². The second kappa shape index (κ2) is 4.29. The van der Waals surface area contributed by atoms with Crippen molar-refractivity contribution in [2.75, 3.05) is 0 Å². The Hall–Kier alpha value is -1.58. The maximum absolute atomic E-state index is 10.6. The third kappa shape index (κ3) is 2.46. The predicted octanol–water partition coefficient (Wildman–Crippen LogP) is 1.84. The van der Waals surface area contributed by atoms with Crippen LogP contribution in [0.3, 0.4) is 0 Å². The minimum Gasteiger partial charge on any atom is -0.478 e. The Bertz CT molecular complexity index is 416. The molecule has 0 fully saturated rings. The number of hydrogen-bond donors (Lipinski definition) is 1. The molecule has 0 unspecified atom stereocenters. The number of nitrogens with zero attached hydrogens (tertiary/aromatic N) is 2. The molecule has 0 saturated heterocycles. The average molecular weight is 208 g/mol. The molecule has 4 nitrogen and oxygen atoms in total. The number of aryl methyl sites for hydroxylation is 1. The summed E-state index contributed by atoms with van der Waals surface area (Å²) in [6, 6.07) is 0. The Balaban J connectivity index is 2.87. The van der Waals surface area contributed by atoms with Gasteiger partial charge in [-0.05, 0) is 33.3 Å². The first kappa shape index (κ1) is 11.5. The molecule has 0 aromatic carbocycles. The molecule has 0 atom stereocenters. The van der Waals surface area contributed by atoms with Crippen molar-refractivity contribution in [1.29, 1.82) is 0 Å². The van der Waals surface area contributed by atoms with Crippen molar-refractivity contribution in [2.45, 2.75) is 34.2 Å². The zero-order valence-corrected chi connectivity index (χ0v) is 9.53. The van der Waals surface area contributed by atoms with E-state index < -0.39 is 5.97 Å². The van der Waals surface area contributed by atoms with Crippen molar-refractivity contribution in [2.24, 2.45) is 0 Å². The highest BCUT2D eigenvalue weighted by atomic mass is 16.4. The lowest BCUT2D eigenvalue weighted by Gasteiger charge is -2.00. The normalized spacial score (nSPS) is 11.9. The highest BCUT2D eigenvalue weighted by Gasteiger charge is 2.06. The molecular formula is C11H16N2O2. The number of aromatic nitrogens is 2. The van der Waals surface area contributed by atoms with Crippen LogP contribution >= 0.6 is 0 Å². The van der Waals surface area contributed by atoms with Crippen LogP contribution in [-0.4, -0.2) is 20.9 Å². The molecule has 82 valence electrons. The molecule has 0 aliphatic carbocycles. The molecule has 1 heterocycles. The molecule has 1 aromatic rings. The van der Waals surface area contributed by atoms with Crippen LogP contribution in [0.2, 0.25) is 0 Å². The fourth-order valence-electron chi connectivity index (χ4n) is 1.27. The number of carbonyl (C=O) groups is 1. The number of carboxylic acids is 1. The summed E-state index contributed by atoms with van der Waals surface area (Å²) in [6.07, 6.45) is 1.67. The van der Waals surface area contributed by atoms with Crippen molar-refractivity contribution in [3.63, 3.8) is 0 Å². The second-order valence-corrected chi connectivity index (χ2v) is 3.67. The van der Waals surface area contributed by atoms with Crippen LogP contribution in [0.25, 0.3) is 0 Å². The van der Waals surface area contributed by atoms with E-state index >= 15 is 0 Å². The van der Waals surface area contributed by atoms with Crippen LogP contribution in [0, 0.1) is 20.8 Å². The minimum atomic E-state index is -0.881. The smallest absolute Gasteiger partial charge is 0.331 e. The van der Waals surface area contributed by atoms with Gasteiger partial charge in [-0.15, -0.1) is 0 Å². The molecule has 0 saturated carbocycles. The number of hydrogen-bond acceptors (Lipinski definition) is 2. The summed E-state index contributed by atoms with van der Waals surface area (Å²) < 4.78 is 1.82. The highest BCUT2D eigenvalue weighted by molar-refractivity contribution is 5.85. The Morgan fingerprint density at radius 3 is 2.47 bits per heavy atom. The molecule has 1 rings (SSSR count). The second-order valence-electron chi connectivity index (χ2n) is 3.67. The molecular weight excluding hydrogens is 192 g/mol. The SMILES string of the molecule is C/C(=C\Cn1nc(C)c(C)c1C)C(=O)O. The van der Waals surface area contributed by atoms with Crippen LogP contribution in [0.5, 0.6) is 0 Å². The lowest BCUT2D eigenvalue weighted by molar-refractivity contribution is -0.132. The van der Waals surface area contributed by atoms with Gasteiger partial charge in [0.15, 0.2) is 0 Å². The highest BCUT2D eigenvalue weighted by Crippen LogP contribution is 2.11. The summed E-state index contributed by atoms with van der Waals surface area (Å²) in [6.45, 7) is 8.05. The largest absolute Gasteiger partial charge is 0.478 e. The molecule has 15 heavy (non-hydrogen) atoms. The number of allylic oxidation sites excluding steroid dienone is 1. The van der Waals surface area contributed by atoms with Crippen molar-refractivity contribution in [3.8, 4) is 0 Å². The van der Waals surface area contributed by atoms with Gasteiger partial charge in [-0.1, -0.05) is 6.08 Å². The zero-order valence-electron chi connectivity index (χ0n) is 9.53. The number of aliphatic carboxylic acids is 1. The third-order valence-corrected chi connectivity index (χ3v) is 2.65. The van der Waals surface area contributed by atoms with E-state index in [9.17, 15) is 4.79 Å². The van der Waals surface area contributed by atoms with E-state index in [4.69, 9.17) is 5.11 Å². The molecule has 0 aliphatic heterocycles. The van der Waals surface area contributed by atoms with Gasteiger partial charge in [0.05, 0.1) is 12.2 Å². The zero-order chi connectivity index (χ0) is 11.6. The summed E-state index contributed by atoms with van der Waals surface area (Å²) >= 11 is 0. The molecule has 4 heteroatoms. The monoisotopic (exact) mass is 208 g/mol. The maximum atomic E-state index is 10.6. The predicted molar refractivity (Wildman–Crippen MR) is 57.8 cm³/mol. The van der Waals surface area contributed by atoms with Crippen LogP contribution in [0.1, 0.15) is 23.9 Å². The summed E-state index contributed by atoms with van der Waals surface area (Å²) in [5, 5.41) is 13.0. The third-order valence-electron chi connectivity index (χ3n) is 2.65. The van der Waals surface area contributed by atoms with E-state index in [1.807, 2.05) is 25.5 Å². The van der Waals surface area contributed by atoms with E-state index in [2.05, 4.69) is 5.10 Å². The fourth-order valence-corrected chi connectivity index (χ4v) is 1.27. The quantitative estimate of drug-likeness (QED) is 0.771. The van der Waals surface area contributed by atoms with Crippen LogP contribution in [0.4, 0.5) is 0 Å². The maximum Gasteiger partial charge on any atom is 0.331 e. The van der Waals surface area contributed by atoms with E-state index in [1.165, 1.54) is 0 Å². The summed E-state index contributed by atoms with van der Waals surface area (Å²) in [7, 11) is 0. The molecule has 0 aliphatic rings. The van der Waals surface area contributed by atoms with Crippen LogP contribution in [0.15, 0.2) is 11.6 Å². The van der Waals surface area contributed by atoms with E-state index in [-0.39, 0.29) is 0 Å². The van der Waals surface area contributed by atoms with Gasteiger partial charge in [0.25, 0.3) is 0 Å². The topological polar surface area (TPSA) is 55.1 Å². The first-order valence-corrected chi connectivity index (χ1v) is 4.84. The van der Waals surface area contributed by atoms with Crippen LogP contribution < -0.4 is 0 Å². The molecule has 1 N–H and O–H groups in total. The van der Waals surface area contributed by atoms with Gasteiger partial charge in [0.2, 0.25) is 0 Å². The van der Waals surface area contributed by atoms with E-state index in [0.717, 1.165) is 17.0 Å². The van der Waals surface area contributed by atoms with E-state index in [0.29, 0.717) is 12.1 Å². The molecule has 0 bridgehead atoms. The molecule has 1 aromatic heterocycles. The first-order chi connectivity index (χ1) is 6.93. The van der Waals surface area contributed by atoms with Gasteiger partial charge in [-0.25, -0.2) is 4.79 Å². The minimum absolute atomic E-state index is 0.347. The van der Waals surface area contributed by atoms with Crippen molar-refractivity contribution < 1.29 is 9.90 Å². The Kier molecular flexibility index (Phi) is 3.29. The standard InChI is InChI=1S/C11H16N2O2/c1-7(11(14)15)5-6-13-10(4)8(2)9(3)12-13/h5H,6H2,1-4H3,(H,14,15)/b7-5+. The number of carboxylic acid groups (broad SMARTS) is 1. The first-order valence-electron chi connectivity index (χ1n) is 4.84. The van der Waals surface area contributed by atoms with Crippen LogP contribution in [-0.2, 0) is 11.3 Å². The Morgan fingerprint density at radius 1 is 1.47 bits per heavy atom. The van der Waals surface area contributed by atoms with Gasteiger partial charge in [0.1, 0.15) is 0 Å². The summed E-state index contributed by atoms with van der Waals surface area (Å²) in [5.41, 5.74) is 3.59. The molecule has 0 amide bonds. The Morgan fingerprint density at radius 2 is 2.07 bits per heavy atom. The average Bonchev–Trinajstić information content (AvgIpc) is 2.42. The van der Waals surface area contributed by atoms with E-state index in [1.54, 1.807) is 13.0 Å². The van der Waals surface area contributed by atoms with Crippen molar-refractivity contribution in [1.82, 2.24) is 9.78 Å². The van der Waals surface area contributed by atoms with Crippen molar-refractivity contribution >= 4 is 5.97 Å². The molecule has 0 spiro atoms. The summed E-state index contributed by atoms with van der Waals surface area (Å²) in [4.78, 5) is 10.6. The molecule has 0 radical (unpaired) electrons. The fraction of sp³-hybridized carbons (Fsp3) is 0.455. The van der Waals surface area contributed by atoms with Gasteiger partial charge in [0, 0.05) is 11.3 Å². The Labute approximate surface area is 89.2 Å².